The van der Waals surface area contributed by atoms with Gasteiger partial charge in [-0.2, -0.15) is 0 Å². The first-order chi connectivity index (χ1) is 14.4. The zero-order chi connectivity index (χ0) is 21.6. The van der Waals surface area contributed by atoms with Gasteiger partial charge in [0.1, 0.15) is 11.6 Å². The summed E-state index contributed by atoms with van der Waals surface area (Å²) in [5.41, 5.74) is 3.47. The quantitative estimate of drug-likeness (QED) is 0.403. The van der Waals surface area contributed by atoms with Gasteiger partial charge in [0.05, 0.1) is 24.2 Å². The van der Waals surface area contributed by atoms with Crippen LogP contribution in [0.5, 0.6) is 5.75 Å². The van der Waals surface area contributed by atoms with Crippen molar-refractivity contribution in [2.24, 2.45) is 0 Å². The van der Waals surface area contributed by atoms with Crippen molar-refractivity contribution in [3.8, 4) is 5.75 Å². The van der Waals surface area contributed by atoms with Crippen LogP contribution in [0.1, 0.15) is 45.0 Å². The Kier molecular flexibility index (Phi) is 6.93. The van der Waals surface area contributed by atoms with E-state index in [1.165, 1.54) is 11.6 Å². The summed E-state index contributed by atoms with van der Waals surface area (Å²) in [6.07, 6.45) is 3.17. The van der Waals surface area contributed by atoms with Crippen LogP contribution in [0, 0.1) is 0 Å². The average molecular weight is 406 g/mol. The normalized spacial score (nSPS) is 11.4. The van der Waals surface area contributed by atoms with Gasteiger partial charge in [-0.15, -0.1) is 0 Å². The summed E-state index contributed by atoms with van der Waals surface area (Å²) in [6, 6.07) is 16.4. The summed E-state index contributed by atoms with van der Waals surface area (Å²) < 4.78 is 8.09. The molecule has 30 heavy (non-hydrogen) atoms. The number of hydrogen-bond acceptors (Lipinski definition) is 3. The van der Waals surface area contributed by atoms with Crippen LogP contribution in [0.15, 0.2) is 61.2 Å². The Bertz CT molecular complexity index is 997. The van der Waals surface area contributed by atoms with Gasteiger partial charge in [0.15, 0.2) is 0 Å². The number of imidazole rings is 1. The fraction of sp³-hybridized carbons (Fsp3) is 0.360. The highest BCUT2D eigenvalue weighted by Gasteiger charge is 2.13. The minimum Gasteiger partial charge on any atom is -0.494 e. The van der Waals surface area contributed by atoms with Gasteiger partial charge in [-0.1, -0.05) is 51.6 Å². The molecule has 0 saturated carbocycles. The molecular formula is C25H31N3O2. The number of para-hydroxylation sites is 2. The number of nitrogens with one attached hydrogen (secondary N) is 1. The Morgan fingerprint density at radius 1 is 1.13 bits per heavy atom. The van der Waals surface area contributed by atoms with Gasteiger partial charge in [-0.05, 0) is 54.2 Å². The summed E-state index contributed by atoms with van der Waals surface area (Å²) >= 11 is 0. The molecular weight excluding hydrogens is 374 g/mol. The molecule has 0 atom stereocenters. The molecule has 0 aliphatic carbocycles. The molecule has 3 rings (SSSR count). The van der Waals surface area contributed by atoms with E-state index in [2.05, 4.69) is 60.4 Å². The fourth-order valence-electron chi connectivity index (χ4n) is 3.36. The molecule has 5 nitrogen and oxygen atoms in total. The van der Waals surface area contributed by atoms with Crippen LogP contribution in [-0.4, -0.2) is 22.1 Å². The Labute approximate surface area is 178 Å². The largest absolute Gasteiger partial charge is 0.494 e. The van der Waals surface area contributed by atoms with Gasteiger partial charge in [0.2, 0.25) is 5.91 Å². The Balaban J connectivity index is 1.55. The standard InChI is InChI=1S/C25H31N3O2/c1-5-24(29)26-18-23-27-21-10-6-7-11-22(21)28(23)16-8-9-17-30-20-14-12-19(13-15-20)25(2,3)4/h5-7,10-15H,1,8-9,16-18H2,2-4H3,(H,26,29). The lowest BCUT2D eigenvalue weighted by molar-refractivity contribution is -0.116. The van der Waals surface area contributed by atoms with E-state index in [-0.39, 0.29) is 11.3 Å². The predicted octanol–water partition coefficient (Wildman–Crippen LogP) is 5.00. The fourth-order valence-corrected chi connectivity index (χ4v) is 3.36. The van der Waals surface area contributed by atoms with Crippen LogP contribution in [0.4, 0.5) is 0 Å². The topological polar surface area (TPSA) is 56.2 Å². The van der Waals surface area contributed by atoms with Crippen molar-refractivity contribution in [1.29, 1.82) is 0 Å². The van der Waals surface area contributed by atoms with Crippen molar-refractivity contribution in [1.82, 2.24) is 14.9 Å². The second-order valence-corrected chi connectivity index (χ2v) is 8.42. The molecule has 0 aliphatic heterocycles. The van der Waals surface area contributed by atoms with E-state index >= 15 is 0 Å². The number of hydrogen-bond donors (Lipinski definition) is 1. The van der Waals surface area contributed by atoms with E-state index < -0.39 is 0 Å². The van der Waals surface area contributed by atoms with E-state index in [4.69, 9.17) is 4.74 Å². The number of benzene rings is 2. The zero-order valence-corrected chi connectivity index (χ0v) is 18.1. The molecule has 2 aromatic carbocycles. The zero-order valence-electron chi connectivity index (χ0n) is 18.1. The molecule has 0 fully saturated rings. The van der Waals surface area contributed by atoms with Crippen LogP contribution in [0.2, 0.25) is 0 Å². The second-order valence-electron chi connectivity index (χ2n) is 8.42. The molecule has 1 amide bonds. The predicted molar refractivity (Wildman–Crippen MR) is 122 cm³/mol. The summed E-state index contributed by atoms with van der Waals surface area (Å²) in [4.78, 5) is 16.2. The van der Waals surface area contributed by atoms with E-state index in [0.29, 0.717) is 13.2 Å². The summed E-state index contributed by atoms with van der Waals surface area (Å²) in [7, 11) is 0. The minimum absolute atomic E-state index is 0.148. The minimum atomic E-state index is -0.195. The first-order valence-electron chi connectivity index (χ1n) is 10.5. The van der Waals surface area contributed by atoms with Crippen molar-refractivity contribution in [2.45, 2.75) is 52.1 Å². The van der Waals surface area contributed by atoms with Crippen molar-refractivity contribution in [2.75, 3.05) is 6.61 Å². The summed E-state index contributed by atoms with van der Waals surface area (Å²) in [5.74, 6) is 1.56. The monoisotopic (exact) mass is 405 g/mol. The lowest BCUT2D eigenvalue weighted by atomic mass is 9.87. The first kappa shape index (κ1) is 21.6. The molecule has 3 aromatic rings. The molecule has 1 heterocycles. The van der Waals surface area contributed by atoms with Crippen molar-refractivity contribution < 1.29 is 9.53 Å². The van der Waals surface area contributed by atoms with E-state index in [0.717, 1.165) is 42.0 Å². The van der Waals surface area contributed by atoms with Crippen LogP contribution in [0.25, 0.3) is 11.0 Å². The van der Waals surface area contributed by atoms with E-state index in [1.54, 1.807) is 0 Å². The summed E-state index contributed by atoms with van der Waals surface area (Å²) in [6.45, 7) is 12.0. The van der Waals surface area contributed by atoms with Crippen molar-refractivity contribution >= 4 is 16.9 Å². The van der Waals surface area contributed by atoms with Gasteiger partial charge in [0, 0.05) is 6.54 Å². The Morgan fingerprint density at radius 2 is 1.87 bits per heavy atom. The third-order valence-electron chi connectivity index (χ3n) is 5.10. The highest BCUT2D eigenvalue weighted by Crippen LogP contribution is 2.24. The lowest BCUT2D eigenvalue weighted by Gasteiger charge is -2.19. The maximum atomic E-state index is 11.5. The Morgan fingerprint density at radius 3 is 2.57 bits per heavy atom. The van der Waals surface area contributed by atoms with E-state index in [1.807, 2.05) is 30.3 Å². The van der Waals surface area contributed by atoms with Gasteiger partial charge in [-0.3, -0.25) is 4.79 Å². The third-order valence-corrected chi connectivity index (χ3v) is 5.10. The van der Waals surface area contributed by atoms with Gasteiger partial charge in [0.25, 0.3) is 0 Å². The van der Waals surface area contributed by atoms with Crippen LogP contribution >= 0.6 is 0 Å². The number of nitrogens with zero attached hydrogens (tertiary/aromatic N) is 2. The number of unbranched alkanes of at least 4 members (excludes halogenated alkanes) is 1. The molecule has 1 N–H and O–H groups in total. The maximum Gasteiger partial charge on any atom is 0.243 e. The highest BCUT2D eigenvalue weighted by molar-refractivity contribution is 5.86. The number of aromatic nitrogens is 2. The number of aryl methyl sites for hydroxylation is 1. The smallest absolute Gasteiger partial charge is 0.243 e. The Hall–Kier alpha value is -3.08. The number of rotatable bonds is 9. The third kappa shape index (κ3) is 5.50. The summed E-state index contributed by atoms with van der Waals surface area (Å²) in [5, 5.41) is 2.82. The van der Waals surface area contributed by atoms with Crippen LogP contribution in [-0.2, 0) is 23.3 Å². The number of ether oxygens (including phenoxy) is 1. The average Bonchev–Trinajstić information content (AvgIpc) is 3.09. The SMILES string of the molecule is C=CC(=O)NCc1nc2ccccc2n1CCCCOc1ccc(C(C)(C)C)cc1. The molecule has 158 valence electrons. The number of carbonyl (C=O) groups is 1. The molecule has 0 saturated heterocycles. The molecule has 5 heteroatoms. The molecule has 0 unspecified atom stereocenters. The van der Waals surface area contributed by atoms with E-state index in [9.17, 15) is 4.79 Å². The highest BCUT2D eigenvalue weighted by atomic mass is 16.5. The van der Waals surface area contributed by atoms with Crippen LogP contribution < -0.4 is 10.1 Å². The first-order valence-corrected chi connectivity index (χ1v) is 10.5. The van der Waals surface area contributed by atoms with Gasteiger partial charge in [-0.25, -0.2) is 4.98 Å². The number of carbonyl (C=O) groups excluding carboxylic acids is 1. The molecule has 0 bridgehead atoms. The maximum absolute atomic E-state index is 11.5. The van der Waals surface area contributed by atoms with Gasteiger partial charge < -0.3 is 14.6 Å². The molecule has 1 aromatic heterocycles. The van der Waals surface area contributed by atoms with Gasteiger partial charge >= 0.3 is 0 Å². The molecule has 0 spiro atoms. The molecule has 0 radical (unpaired) electrons. The van der Waals surface area contributed by atoms with Crippen molar-refractivity contribution in [3.63, 3.8) is 0 Å². The van der Waals surface area contributed by atoms with Crippen molar-refractivity contribution in [3.05, 3.63) is 72.6 Å². The molecule has 0 aliphatic rings. The number of fused-ring (bicyclic) bond motifs is 1. The number of amides is 1. The second kappa shape index (κ2) is 9.61. The lowest BCUT2D eigenvalue weighted by Crippen LogP contribution is -2.22. The van der Waals surface area contributed by atoms with Crippen LogP contribution in [0.3, 0.4) is 0 Å².